The van der Waals surface area contributed by atoms with Gasteiger partial charge in [-0.2, -0.15) is 0 Å². The highest BCUT2D eigenvalue weighted by Gasteiger charge is 2.58. The Kier molecular flexibility index (Phi) is 7.16. The smallest absolute Gasteiger partial charge is 0.335 e. The lowest BCUT2D eigenvalue weighted by Gasteiger charge is -2.52. The van der Waals surface area contributed by atoms with Crippen LogP contribution in [0.4, 0.5) is 0 Å². The number of ether oxygens (including phenoxy) is 3. The van der Waals surface area contributed by atoms with E-state index in [1.54, 1.807) is 7.11 Å². The molecule has 1 unspecified atom stereocenters. The molecule has 248 valence electrons. The van der Waals surface area contributed by atoms with E-state index in [0.717, 1.165) is 50.6 Å². The summed E-state index contributed by atoms with van der Waals surface area (Å²) in [7, 11) is 1.70. The first-order chi connectivity index (χ1) is 25.0. The lowest BCUT2D eigenvalue weighted by molar-refractivity contribution is -0.153. The Bertz CT molecular complexity index is 2260. The number of hydrogen-bond donors (Lipinski definition) is 0. The zero-order chi connectivity index (χ0) is 34.7. The first-order valence-electron chi connectivity index (χ1n) is 17.2. The van der Waals surface area contributed by atoms with Crippen molar-refractivity contribution in [2.75, 3.05) is 7.11 Å². The SMILES string of the molecule is C=CC(=O)Oc1ccc(C2(c3ccc(OC(=O)C4CC5c6ccccc6C4(OC)c4ccccc45)cc3)c3ccccc3-c3ccccc32)cc1. The van der Waals surface area contributed by atoms with Crippen LogP contribution in [-0.2, 0) is 25.3 Å². The van der Waals surface area contributed by atoms with Crippen LogP contribution in [0.3, 0.4) is 0 Å². The number of hydrogen-bond acceptors (Lipinski definition) is 5. The van der Waals surface area contributed by atoms with E-state index in [-0.39, 0.29) is 11.9 Å². The number of benzene rings is 6. The Morgan fingerprint density at radius 3 is 1.55 bits per heavy atom. The van der Waals surface area contributed by atoms with Crippen molar-refractivity contribution in [1.29, 1.82) is 0 Å². The van der Waals surface area contributed by atoms with Gasteiger partial charge >= 0.3 is 11.9 Å². The second kappa shape index (κ2) is 11.8. The van der Waals surface area contributed by atoms with E-state index in [4.69, 9.17) is 14.2 Å². The molecule has 0 saturated carbocycles. The average molecular weight is 667 g/mol. The van der Waals surface area contributed by atoms with Crippen molar-refractivity contribution in [2.45, 2.75) is 23.4 Å². The van der Waals surface area contributed by atoms with Crippen LogP contribution in [0.2, 0.25) is 0 Å². The molecular weight excluding hydrogens is 633 g/mol. The highest BCUT2D eigenvalue weighted by Crippen LogP contribution is 2.60. The molecule has 0 heterocycles. The molecule has 0 fully saturated rings. The Morgan fingerprint density at radius 1 is 0.608 bits per heavy atom. The van der Waals surface area contributed by atoms with Gasteiger partial charge < -0.3 is 14.2 Å². The largest absolute Gasteiger partial charge is 0.426 e. The maximum Gasteiger partial charge on any atom is 0.335 e. The Morgan fingerprint density at radius 2 is 1.06 bits per heavy atom. The van der Waals surface area contributed by atoms with Crippen LogP contribution in [0.15, 0.2) is 158 Å². The summed E-state index contributed by atoms with van der Waals surface area (Å²) >= 11 is 0. The van der Waals surface area contributed by atoms with Gasteiger partial charge in [0.05, 0.1) is 11.3 Å². The summed E-state index contributed by atoms with van der Waals surface area (Å²) in [6.07, 6.45) is 1.76. The monoisotopic (exact) mass is 666 g/mol. The minimum atomic E-state index is -0.938. The summed E-state index contributed by atoms with van der Waals surface area (Å²) in [4.78, 5) is 26.2. The predicted octanol–water partition coefficient (Wildman–Crippen LogP) is 9.10. The molecule has 5 heteroatoms. The molecule has 0 amide bonds. The Balaban J connectivity index is 1.11. The van der Waals surface area contributed by atoms with Crippen molar-refractivity contribution < 1.29 is 23.8 Å². The molecule has 10 rings (SSSR count). The quantitative estimate of drug-likeness (QED) is 0.0965. The fourth-order valence-electron chi connectivity index (χ4n) is 9.16. The highest BCUT2D eigenvalue weighted by molar-refractivity contribution is 5.87. The Labute approximate surface area is 296 Å². The van der Waals surface area contributed by atoms with Gasteiger partial charge in [-0.25, -0.2) is 4.79 Å². The van der Waals surface area contributed by atoms with Crippen LogP contribution >= 0.6 is 0 Å². The lowest BCUT2D eigenvalue weighted by atomic mass is 9.56. The van der Waals surface area contributed by atoms with E-state index in [1.165, 1.54) is 11.1 Å². The zero-order valence-corrected chi connectivity index (χ0v) is 28.0. The first-order valence-corrected chi connectivity index (χ1v) is 17.2. The second-order valence-corrected chi connectivity index (χ2v) is 13.4. The van der Waals surface area contributed by atoms with Gasteiger partial charge in [0.15, 0.2) is 0 Å². The van der Waals surface area contributed by atoms with Gasteiger partial charge in [0.1, 0.15) is 17.1 Å². The molecule has 51 heavy (non-hydrogen) atoms. The number of esters is 2. The summed E-state index contributed by atoms with van der Waals surface area (Å²) < 4.78 is 18.1. The average Bonchev–Trinajstić information content (AvgIpc) is 3.49. The molecule has 4 aliphatic rings. The van der Waals surface area contributed by atoms with Crippen molar-refractivity contribution in [3.05, 3.63) is 203 Å². The second-order valence-electron chi connectivity index (χ2n) is 13.4. The third kappa shape index (κ3) is 4.38. The van der Waals surface area contributed by atoms with Crippen LogP contribution in [-0.4, -0.2) is 19.0 Å². The van der Waals surface area contributed by atoms with Gasteiger partial charge in [-0.15, -0.1) is 0 Å². The molecule has 0 aromatic heterocycles. The van der Waals surface area contributed by atoms with Crippen LogP contribution in [0.5, 0.6) is 11.5 Å². The van der Waals surface area contributed by atoms with Crippen LogP contribution in [0.25, 0.3) is 11.1 Å². The highest BCUT2D eigenvalue weighted by atomic mass is 16.5. The van der Waals surface area contributed by atoms with Gasteiger partial charge in [-0.05, 0) is 86.3 Å². The maximum atomic E-state index is 14.3. The van der Waals surface area contributed by atoms with Gasteiger partial charge in [0.25, 0.3) is 0 Å². The van der Waals surface area contributed by atoms with Crippen molar-refractivity contribution in [3.63, 3.8) is 0 Å². The predicted molar refractivity (Wildman–Crippen MR) is 196 cm³/mol. The first kappa shape index (κ1) is 31.0. The fourth-order valence-corrected chi connectivity index (χ4v) is 9.16. The van der Waals surface area contributed by atoms with Crippen molar-refractivity contribution in [1.82, 2.24) is 0 Å². The number of methoxy groups -OCH3 is 1. The summed E-state index contributed by atoms with van der Waals surface area (Å²) in [5.74, 6) is -0.343. The molecular formula is C46H34O5. The molecule has 5 nitrogen and oxygen atoms in total. The van der Waals surface area contributed by atoms with Crippen molar-refractivity contribution in [2.24, 2.45) is 5.92 Å². The van der Waals surface area contributed by atoms with E-state index in [1.807, 2.05) is 48.5 Å². The van der Waals surface area contributed by atoms with E-state index >= 15 is 0 Å². The summed E-state index contributed by atoms with van der Waals surface area (Å²) in [5.41, 5.74) is 9.50. The standard InChI is InChI=1S/C46H34O5/c1-3-43(47)50-31-24-20-29(21-25-31)45(38-16-8-4-12-33(38)34-13-5-9-17-39(34)45)30-22-26-32(27-23-30)51-44(48)42-28-37-35-14-6-10-18-40(35)46(42,49-2)41-19-11-7-15-36(37)41/h3-27,37,42H,1,28H2,2H3. The number of carbonyl (C=O) groups excluding carboxylic acids is 2. The van der Waals surface area contributed by atoms with Crippen LogP contribution in [0, 0.1) is 5.92 Å². The van der Waals surface area contributed by atoms with Gasteiger partial charge in [0.2, 0.25) is 0 Å². The number of carbonyl (C=O) groups is 2. The van der Waals surface area contributed by atoms with Gasteiger partial charge in [-0.3, -0.25) is 4.79 Å². The summed E-state index contributed by atoms with van der Waals surface area (Å²) in [6.45, 7) is 3.51. The molecule has 0 aliphatic heterocycles. The Hall–Kier alpha value is -6.04. The van der Waals surface area contributed by atoms with E-state index in [2.05, 4.69) is 104 Å². The molecule has 1 atom stereocenters. The topological polar surface area (TPSA) is 61.8 Å². The van der Waals surface area contributed by atoms with Crippen molar-refractivity contribution >= 4 is 11.9 Å². The third-order valence-electron chi connectivity index (χ3n) is 11.2. The molecule has 0 radical (unpaired) electrons. The zero-order valence-electron chi connectivity index (χ0n) is 28.0. The van der Waals surface area contributed by atoms with E-state index in [0.29, 0.717) is 17.9 Å². The number of fused-ring (bicyclic) bond motifs is 4. The van der Waals surface area contributed by atoms with Gasteiger partial charge in [-0.1, -0.05) is 128 Å². The van der Waals surface area contributed by atoms with Crippen LogP contribution in [0.1, 0.15) is 56.8 Å². The minimum Gasteiger partial charge on any atom is -0.426 e. The van der Waals surface area contributed by atoms with Crippen LogP contribution < -0.4 is 9.47 Å². The molecule has 0 saturated heterocycles. The summed E-state index contributed by atoms with van der Waals surface area (Å²) in [5, 5.41) is 0. The summed E-state index contributed by atoms with van der Waals surface area (Å²) in [6, 6.07) is 49.1. The number of rotatable bonds is 7. The maximum absolute atomic E-state index is 14.3. The molecule has 6 aromatic carbocycles. The molecule has 2 bridgehead atoms. The van der Waals surface area contributed by atoms with E-state index < -0.39 is 22.9 Å². The minimum absolute atomic E-state index is 0.0865. The molecule has 6 aromatic rings. The fraction of sp³-hybridized carbons (Fsp3) is 0.130. The van der Waals surface area contributed by atoms with E-state index in [9.17, 15) is 9.59 Å². The normalized spacial score (nSPS) is 19.9. The molecule has 0 spiro atoms. The van der Waals surface area contributed by atoms with Crippen molar-refractivity contribution in [3.8, 4) is 22.6 Å². The molecule has 4 aliphatic carbocycles. The van der Waals surface area contributed by atoms with Gasteiger partial charge in [0, 0.05) is 19.1 Å². The third-order valence-corrected chi connectivity index (χ3v) is 11.2. The molecule has 0 N–H and O–H groups in total. The lowest BCUT2D eigenvalue weighted by Crippen LogP contribution is -2.52.